The first-order chi connectivity index (χ1) is 14.1. The first-order valence-electron chi connectivity index (χ1n) is 8.89. The molecule has 0 spiro atoms. The summed E-state index contributed by atoms with van der Waals surface area (Å²) in [7, 11) is 0. The molecule has 2 aromatic heterocycles. The maximum atomic E-state index is 10.8. The van der Waals surface area contributed by atoms with Crippen molar-refractivity contribution >= 4 is 34.1 Å². The van der Waals surface area contributed by atoms with Crippen LogP contribution in [0.4, 0.5) is 21.9 Å². The number of rotatable bonds is 4. The molecule has 0 aliphatic rings. The molecule has 0 saturated carbocycles. The molecule has 0 unspecified atom stereocenters. The van der Waals surface area contributed by atoms with E-state index in [9.17, 15) is 10.1 Å². The van der Waals surface area contributed by atoms with Gasteiger partial charge in [-0.05, 0) is 48.4 Å². The zero-order valence-electron chi connectivity index (χ0n) is 15.5. The molecule has 2 heterocycles. The molecule has 0 aliphatic heterocycles. The fourth-order valence-electron chi connectivity index (χ4n) is 3.31. The number of nitriles is 1. The Hall–Kier alpha value is -4.31. The second-order valence-electron chi connectivity index (χ2n) is 6.53. The van der Waals surface area contributed by atoms with Gasteiger partial charge in [-0.1, -0.05) is 12.1 Å². The Balaban J connectivity index is 1.77. The lowest BCUT2D eigenvalue weighted by Gasteiger charge is -2.16. The summed E-state index contributed by atoms with van der Waals surface area (Å²) in [6, 6.07) is 15.1. The van der Waals surface area contributed by atoms with Crippen molar-refractivity contribution in [1.29, 1.82) is 5.26 Å². The topological polar surface area (TPSA) is 114 Å². The van der Waals surface area contributed by atoms with E-state index in [1.807, 2.05) is 31.3 Å². The summed E-state index contributed by atoms with van der Waals surface area (Å²) < 4.78 is 0. The first kappa shape index (κ1) is 18.1. The van der Waals surface area contributed by atoms with Crippen LogP contribution in [0.25, 0.3) is 22.0 Å². The van der Waals surface area contributed by atoms with Gasteiger partial charge < -0.3 is 15.4 Å². The monoisotopic (exact) mass is 383 g/mol. The normalized spacial score (nSPS) is 10.5. The van der Waals surface area contributed by atoms with Crippen LogP contribution >= 0.6 is 0 Å². The molecule has 4 rings (SSSR count). The largest absolute Gasteiger partial charge is 0.465 e. The number of hydrogen-bond donors (Lipinski definition) is 4. The van der Waals surface area contributed by atoms with E-state index in [2.05, 4.69) is 26.7 Å². The van der Waals surface area contributed by atoms with E-state index in [4.69, 9.17) is 5.11 Å². The van der Waals surface area contributed by atoms with E-state index < -0.39 is 6.09 Å². The number of nitrogens with one attached hydrogen (secondary N) is 3. The van der Waals surface area contributed by atoms with Crippen molar-refractivity contribution in [2.24, 2.45) is 0 Å². The smallest absolute Gasteiger partial charge is 0.409 e. The minimum absolute atomic E-state index is 0.420. The molecule has 0 fully saturated rings. The highest BCUT2D eigenvalue weighted by atomic mass is 16.4. The molecule has 1 amide bonds. The Labute approximate surface area is 166 Å². The zero-order valence-corrected chi connectivity index (χ0v) is 15.5. The number of H-pyrrole nitrogens is 1. The van der Waals surface area contributed by atoms with Crippen molar-refractivity contribution in [1.82, 2.24) is 9.97 Å². The van der Waals surface area contributed by atoms with Crippen LogP contribution in [0.15, 0.2) is 61.1 Å². The van der Waals surface area contributed by atoms with Gasteiger partial charge in [0.2, 0.25) is 0 Å². The van der Waals surface area contributed by atoms with Crippen LogP contribution in [0.1, 0.15) is 11.1 Å². The minimum Gasteiger partial charge on any atom is -0.465 e. The fraction of sp³-hybridized carbons (Fsp3) is 0.0455. The van der Waals surface area contributed by atoms with Crippen molar-refractivity contribution in [3.8, 4) is 17.2 Å². The Morgan fingerprint density at radius 1 is 1.14 bits per heavy atom. The standard InChI is InChI=1S/C22H17N5O2/c1-13-17-8-9-25-20(17)7-6-19(13)27-21-15(10-23)11-24-12-18(21)14-2-4-16(5-3-14)26-22(28)29/h2-9,11-12,25-26H,1H3,(H,24,27)(H,28,29). The molecule has 0 bridgehead atoms. The lowest BCUT2D eigenvalue weighted by atomic mass is 10.0. The lowest BCUT2D eigenvalue weighted by Crippen LogP contribution is -2.06. The van der Waals surface area contributed by atoms with Crippen molar-refractivity contribution < 1.29 is 9.90 Å². The van der Waals surface area contributed by atoms with Crippen LogP contribution in [0.3, 0.4) is 0 Å². The fourth-order valence-corrected chi connectivity index (χ4v) is 3.31. The second-order valence-corrected chi connectivity index (χ2v) is 6.53. The predicted octanol–water partition coefficient (Wildman–Crippen LogP) is 5.24. The van der Waals surface area contributed by atoms with Gasteiger partial charge in [0, 0.05) is 46.4 Å². The summed E-state index contributed by atoms with van der Waals surface area (Å²) in [5.41, 5.74) is 6.11. The van der Waals surface area contributed by atoms with Crippen molar-refractivity contribution in [3.63, 3.8) is 0 Å². The number of aryl methyl sites for hydroxylation is 1. The van der Waals surface area contributed by atoms with E-state index in [0.29, 0.717) is 16.9 Å². The summed E-state index contributed by atoms with van der Waals surface area (Å²) in [5, 5.41) is 25.3. The van der Waals surface area contributed by atoms with Gasteiger partial charge in [0.1, 0.15) is 6.07 Å². The lowest BCUT2D eigenvalue weighted by molar-refractivity contribution is 0.210. The highest BCUT2D eigenvalue weighted by Crippen LogP contribution is 2.35. The molecule has 4 N–H and O–H groups in total. The van der Waals surface area contributed by atoms with Gasteiger partial charge in [-0.25, -0.2) is 4.79 Å². The molecule has 2 aromatic carbocycles. The van der Waals surface area contributed by atoms with E-state index >= 15 is 0 Å². The van der Waals surface area contributed by atoms with Gasteiger partial charge in [-0.15, -0.1) is 0 Å². The SMILES string of the molecule is Cc1c(Nc2c(C#N)cncc2-c2ccc(NC(=O)O)cc2)ccc2[nH]ccc12. The van der Waals surface area contributed by atoms with Crippen LogP contribution in [0.5, 0.6) is 0 Å². The Morgan fingerprint density at radius 3 is 2.66 bits per heavy atom. The van der Waals surface area contributed by atoms with Crippen molar-refractivity contribution in [2.75, 3.05) is 10.6 Å². The summed E-state index contributed by atoms with van der Waals surface area (Å²) >= 11 is 0. The maximum Gasteiger partial charge on any atom is 0.409 e. The molecule has 7 heteroatoms. The van der Waals surface area contributed by atoms with Gasteiger partial charge in [0.05, 0.1) is 11.3 Å². The number of anilines is 3. The third-order valence-electron chi connectivity index (χ3n) is 4.78. The quantitative estimate of drug-likeness (QED) is 0.385. The average Bonchev–Trinajstić information content (AvgIpc) is 3.20. The zero-order chi connectivity index (χ0) is 20.4. The molecule has 0 saturated heterocycles. The molecular weight excluding hydrogens is 366 g/mol. The Kier molecular flexibility index (Phi) is 4.59. The Bertz CT molecular complexity index is 1250. The minimum atomic E-state index is -1.12. The molecule has 0 aliphatic carbocycles. The van der Waals surface area contributed by atoms with Gasteiger partial charge >= 0.3 is 6.09 Å². The number of pyridine rings is 1. The highest BCUT2D eigenvalue weighted by molar-refractivity contribution is 5.92. The molecular formula is C22H17N5O2. The number of aromatic nitrogens is 2. The van der Waals surface area contributed by atoms with E-state index in [-0.39, 0.29) is 0 Å². The Morgan fingerprint density at radius 2 is 1.93 bits per heavy atom. The molecule has 29 heavy (non-hydrogen) atoms. The van der Waals surface area contributed by atoms with Crippen molar-refractivity contribution in [2.45, 2.75) is 6.92 Å². The third-order valence-corrected chi connectivity index (χ3v) is 4.78. The maximum absolute atomic E-state index is 10.8. The van der Waals surface area contributed by atoms with Gasteiger partial charge in [0.15, 0.2) is 0 Å². The summed E-state index contributed by atoms with van der Waals surface area (Å²) in [6.07, 6.45) is 3.99. The van der Waals surface area contributed by atoms with Crippen LogP contribution in [-0.4, -0.2) is 21.2 Å². The average molecular weight is 383 g/mol. The van der Waals surface area contributed by atoms with E-state index in [1.54, 1.807) is 30.5 Å². The van der Waals surface area contributed by atoms with Gasteiger partial charge in [-0.2, -0.15) is 5.26 Å². The first-order valence-corrected chi connectivity index (χ1v) is 8.89. The number of hydrogen-bond acceptors (Lipinski definition) is 4. The molecule has 0 atom stereocenters. The number of benzene rings is 2. The second kappa shape index (κ2) is 7.37. The summed E-state index contributed by atoms with van der Waals surface area (Å²) in [4.78, 5) is 18.2. The van der Waals surface area contributed by atoms with Gasteiger partial charge in [0.25, 0.3) is 0 Å². The number of amides is 1. The van der Waals surface area contributed by atoms with Crippen LogP contribution in [0.2, 0.25) is 0 Å². The van der Waals surface area contributed by atoms with Crippen LogP contribution < -0.4 is 10.6 Å². The van der Waals surface area contributed by atoms with Crippen LogP contribution in [-0.2, 0) is 0 Å². The number of fused-ring (bicyclic) bond motifs is 1. The van der Waals surface area contributed by atoms with E-state index in [0.717, 1.165) is 33.3 Å². The number of carbonyl (C=O) groups is 1. The summed E-state index contributed by atoms with van der Waals surface area (Å²) in [5.74, 6) is 0. The molecule has 7 nitrogen and oxygen atoms in total. The van der Waals surface area contributed by atoms with Crippen molar-refractivity contribution in [3.05, 3.63) is 72.2 Å². The van der Waals surface area contributed by atoms with Crippen LogP contribution in [0, 0.1) is 18.3 Å². The third kappa shape index (κ3) is 3.47. The molecule has 0 radical (unpaired) electrons. The van der Waals surface area contributed by atoms with Gasteiger partial charge in [-0.3, -0.25) is 10.3 Å². The number of carboxylic acid groups (broad SMARTS) is 1. The highest BCUT2D eigenvalue weighted by Gasteiger charge is 2.14. The predicted molar refractivity (Wildman–Crippen MR) is 112 cm³/mol. The van der Waals surface area contributed by atoms with E-state index in [1.165, 1.54) is 6.20 Å². The number of nitrogens with zero attached hydrogens (tertiary/aromatic N) is 2. The molecule has 142 valence electrons. The number of aromatic amines is 1. The summed E-state index contributed by atoms with van der Waals surface area (Å²) in [6.45, 7) is 2.03. The molecule has 4 aromatic rings.